The van der Waals surface area contributed by atoms with Gasteiger partial charge in [-0.05, 0) is 47.7 Å². The lowest BCUT2D eigenvalue weighted by atomic mass is 10.0. The summed E-state index contributed by atoms with van der Waals surface area (Å²) in [5.41, 5.74) is 2.92. The standard InChI is InChI=1S/C22H25NO6/c1-14(2)17-6-4-15(3)8-19(17)26-12-22(25)27-11-21(24)23-10-16-5-7-18-20(9-16)29-13-28-18/h4-9,14H,10-13H2,1-3H3,(H,23,24). The highest BCUT2D eigenvalue weighted by Gasteiger charge is 2.14. The Hall–Kier alpha value is -3.22. The van der Waals surface area contributed by atoms with E-state index in [9.17, 15) is 9.59 Å². The van der Waals surface area contributed by atoms with Gasteiger partial charge in [-0.25, -0.2) is 4.79 Å². The fourth-order valence-electron chi connectivity index (χ4n) is 2.87. The first-order valence-electron chi connectivity index (χ1n) is 9.46. The third kappa shape index (κ3) is 5.63. The summed E-state index contributed by atoms with van der Waals surface area (Å²) < 4.78 is 21.2. The number of hydrogen-bond donors (Lipinski definition) is 1. The molecule has 7 nitrogen and oxygen atoms in total. The normalized spacial score (nSPS) is 12.0. The topological polar surface area (TPSA) is 83.1 Å². The first-order valence-corrected chi connectivity index (χ1v) is 9.46. The molecule has 0 fully saturated rings. The molecule has 0 spiro atoms. The van der Waals surface area contributed by atoms with E-state index in [1.54, 1.807) is 12.1 Å². The first-order chi connectivity index (χ1) is 13.9. The molecule has 0 atom stereocenters. The number of benzene rings is 2. The van der Waals surface area contributed by atoms with Crippen LogP contribution in [0.15, 0.2) is 36.4 Å². The van der Waals surface area contributed by atoms with Crippen LogP contribution in [0.1, 0.15) is 36.5 Å². The van der Waals surface area contributed by atoms with Crippen molar-refractivity contribution in [1.29, 1.82) is 0 Å². The second-order valence-electron chi connectivity index (χ2n) is 7.11. The van der Waals surface area contributed by atoms with Crippen LogP contribution < -0.4 is 19.5 Å². The Kier molecular flexibility index (Phi) is 6.59. The molecule has 1 aliphatic rings. The fraction of sp³-hybridized carbons (Fsp3) is 0.364. The van der Waals surface area contributed by atoms with E-state index >= 15 is 0 Å². The summed E-state index contributed by atoms with van der Waals surface area (Å²) in [4.78, 5) is 23.9. The van der Waals surface area contributed by atoms with Crippen LogP contribution >= 0.6 is 0 Å². The zero-order valence-corrected chi connectivity index (χ0v) is 16.8. The number of carbonyl (C=O) groups is 2. The van der Waals surface area contributed by atoms with Gasteiger partial charge in [-0.1, -0.05) is 32.0 Å². The lowest BCUT2D eigenvalue weighted by Crippen LogP contribution is -2.29. The number of nitrogens with one attached hydrogen (secondary N) is 1. The predicted molar refractivity (Wildman–Crippen MR) is 106 cm³/mol. The highest BCUT2D eigenvalue weighted by molar-refractivity contribution is 5.80. The van der Waals surface area contributed by atoms with Crippen LogP contribution in [0.2, 0.25) is 0 Å². The largest absolute Gasteiger partial charge is 0.482 e. The van der Waals surface area contributed by atoms with Gasteiger partial charge in [-0.15, -0.1) is 0 Å². The van der Waals surface area contributed by atoms with Gasteiger partial charge in [-0.2, -0.15) is 0 Å². The van der Waals surface area contributed by atoms with Crippen molar-refractivity contribution in [2.75, 3.05) is 20.0 Å². The molecule has 0 saturated carbocycles. The maximum Gasteiger partial charge on any atom is 0.344 e. The Labute approximate surface area is 169 Å². The maximum absolute atomic E-state index is 11.9. The predicted octanol–water partition coefficient (Wildman–Crippen LogP) is 3.09. The van der Waals surface area contributed by atoms with Gasteiger partial charge in [0.15, 0.2) is 24.7 Å². The molecule has 1 aliphatic heterocycles. The number of fused-ring (bicyclic) bond motifs is 1. The lowest BCUT2D eigenvalue weighted by molar-refractivity contribution is -0.150. The summed E-state index contributed by atoms with van der Waals surface area (Å²) in [6.07, 6.45) is 0. The van der Waals surface area contributed by atoms with E-state index in [1.807, 2.05) is 31.2 Å². The second kappa shape index (κ2) is 9.32. The van der Waals surface area contributed by atoms with E-state index in [2.05, 4.69) is 19.2 Å². The summed E-state index contributed by atoms with van der Waals surface area (Å²) in [5, 5.41) is 2.70. The number of esters is 1. The maximum atomic E-state index is 11.9. The minimum atomic E-state index is -0.598. The molecule has 0 radical (unpaired) electrons. The molecule has 7 heteroatoms. The van der Waals surface area contributed by atoms with E-state index in [4.69, 9.17) is 18.9 Å². The second-order valence-corrected chi connectivity index (χ2v) is 7.11. The minimum Gasteiger partial charge on any atom is -0.482 e. The van der Waals surface area contributed by atoms with Crippen LogP contribution in [0.4, 0.5) is 0 Å². The Morgan fingerprint density at radius 1 is 1.07 bits per heavy atom. The van der Waals surface area contributed by atoms with Crippen LogP contribution in [0.5, 0.6) is 17.2 Å². The van der Waals surface area contributed by atoms with Crippen LogP contribution in [0.3, 0.4) is 0 Å². The van der Waals surface area contributed by atoms with Crippen LogP contribution in [-0.4, -0.2) is 31.9 Å². The number of hydrogen-bond acceptors (Lipinski definition) is 6. The summed E-state index contributed by atoms with van der Waals surface area (Å²) in [7, 11) is 0. The van der Waals surface area contributed by atoms with Crippen molar-refractivity contribution in [2.45, 2.75) is 33.2 Å². The highest BCUT2D eigenvalue weighted by Crippen LogP contribution is 2.32. The molecular weight excluding hydrogens is 374 g/mol. The van der Waals surface area contributed by atoms with E-state index in [0.29, 0.717) is 23.8 Å². The Balaban J connectivity index is 1.41. The zero-order valence-electron chi connectivity index (χ0n) is 16.8. The van der Waals surface area contributed by atoms with Gasteiger partial charge in [0, 0.05) is 6.54 Å². The van der Waals surface area contributed by atoms with Crippen molar-refractivity contribution in [3.63, 3.8) is 0 Å². The van der Waals surface area contributed by atoms with Gasteiger partial charge in [0.2, 0.25) is 6.79 Å². The molecule has 0 bridgehead atoms. The van der Waals surface area contributed by atoms with Gasteiger partial charge in [-0.3, -0.25) is 4.79 Å². The number of ether oxygens (including phenoxy) is 4. The first kappa shape index (κ1) is 20.5. The van der Waals surface area contributed by atoms with Gasteiger partial charge in [0.05, 0.1) is 0 Å². The Morgan fingerprint density at radius 3 is 2.66 bits per heavy atom. The van der Waals surface area contributed by atoms with Crippen molar-refractivity contribution in [3.05, 3.63) is 53.1 Å². The Morgan fingerprint density at radius 2 is 1.86 bits per heavy atom. The summed E-state index contributed by atoms with van der Waals surface area (Å²) >= 11 is 0. The molecular formula is C22H25NO6. The molecule has 2 aromatic rings. The zero-order chi connectivity index (χ0) is 20.8. The molecule has 1 N–H and O–H groups in total. The number of amides is 1. The molecule has 1 amide bonds. The fourth-order valence-corrected chi connectivity index (χ4v) is 2.87. The number of rotatable bonds is 8. The average molecular weight is 399 g/mol. The summed E-state index contributed by atoms with van der Waals surface area (Å²) in [6.45, 7) is 5.95. The van der Waals surface area contributed by atoms with Crippen molar-refractivity contribution in [2.24, 2.45) is 0 Å². The summed E-state index contributed by atoms with van der Waals surface area (Å²) in [5.74, 6) is 1.27. The SMILES string of the molecule is Cc1ccc(C(C)C)c(OCC(=O)OCC(=O)NCc2ccc3c(c2)OCO3)c1. The smallest absolute Gasteiger partial charge is 0.344 e. The Bertz CT molecular complexity index is 893. The third-order valence-electron chi connectivity index (χ3n) is 4.43. The van der Waals surface area contributed by atoms with Gasteiger partial charge >= 0.3 is 5.97 Å². The molecule has 0 unspecified atom stereocenters. The van der Waals surface area contributed by atoms with Gasteiger partial charge in [0.25, 0.3) is 5.91 Å². The molecule has 3 rings (SSSR count). The van der Waals surface area contributed by atoms with Crippen molar-refractivity contribution >= 4 is 11.9 Å². The molecule has 2 aromatic carbocycles. The van der Waals surface area contributed by atoms with Crippen LogP contribution in [0.25, 0.3) is 0 Å². The van der Waals surface area contributed by atoms with Crippen molar-refractivity contribution in [1.82, 2.24) is 5.32 Å². The van der Waals surface area contributed by atoms with E-state index in [-0.39, 0.29) is 25.9 Å². The van der Waals surface area contributed by atoms with Gasteiger partial charge < -0.3 is 24.3 Å². The van der Waals surface area contributed by atoms with Crippen molar-refractivity contribution in [3.8, 4) is 17.2 Å². The molecule has 0 aromatic heterocycles. The van der Waals surface area contributed by atoms with E-state index in [0.717, 1.165) is 16.7 Å². The third-order valence-corrected chi connectivity index (χ3v) is 4.43. The van der Waals surface area contributed by atoms with Gasteiger partial charge in [0.1, 0.15) is 5.75 Å². The molecule has 1 heterocycles. The number of carbonyl (C=O) groups excluding carboxylic acids is 2. The highest BCUT2D eigenvalue weighted by atomic mass is 16.7. The van der Waals surface area contributed by atoms with E-state index in [1.165, 1.54) is 0 Å². The lowest BCUT2D eigenvalue weighted by Gasteiger charge is -2.14. The van der Waals surface area contributed by atoms with E-state index < -0.39 is 11.9 Å². The molecule has 0 aliphatic carbocycles. The monoisotopic (exact) mass is 399 g/mol. The van der Waals surface area contributed by atoms with Crippen molar-refractivity contribution < 1.29 is 28.5 Å². The molecule has 29 heavy (non-hydrogen) atoms. The molecule has 0 saturated heterocycles. The number of aryl methyl sites for hydroxylation is 1. The molecule has 154 valence electrons. The quantitative estimate of drug-likeness (QED) is 0.687. The minimum absolute atomic E-state index is 0.199. The van der Waals surface area contributed by atoms with Crippen LogP contribution in [-0.2, 0) is 20.9 Å². The van der Waals surface area contributed by atoms with Crippen LogP contribution in [0, 0.1) is 6.92 Å². The average Bonchev–Trinajstić information content (AvgIpc) is 3.16. The summed E-state index contributed by atoms with van der Waals surface area (Å²) in [6, 6.07) is 11.3.